The molecule has 0 saturated carbocycles. The Morgan fingerprint density at radius 1 is 0.913 bits per heavy atom. The highest BCUT2D eigenvalue weighted by atomic mass is 16.5. The molecule has 118 valence electrons. The molecule has 0 aliphatic rings. The van der Waals surface area contributed by atoms with Crippen molar-refractivity contribution in [3.05, 3.63) is 72.1 Å². The Labute approximate surface area is 138 Å². The summed E-state index contributed by atoms with van der Waals surface area (Å²) in [7, 11) is 0. The molecule has 0 bridgehead atoms. The van der Waals surface area contributed by atoms with Crippen LogP contribution in [0.25, 0.3) is 10.8 Å². The van der Waals surface area contributed by atoms with E-state index >= 15 is 0 Å². The average Bonchev–Trinajstić information content (AvgIpc) is 2.59. The molecule has 0 aliphatic carbocycles. The summed E-state index contributed by atoms with van der Waals surface area (Å²) < 4.78 is 5.92. The van der Waals surface area contributed by atoms with Crippen molar-refractivity contribution >= 4 is 10.8 Å². The van der Waals surface area contributed by atoms with Crippen molar-refractivity contribution in [2.24, 2.45) is 0 Å². The first-order chi connectivity index (χ1) is 11.2. The Kier molecular flexibility index (Phi) is 4.92. The van der Waals surface area contributed by atoms with Crippen LogP contribution in [0.15, 0.2) is 60.9 Å². The first kappa shape index (κ1) is 15.5. The highest BCUT2D eigenvalue weighted by Crippen LogP contribution is 2.25. The van der Waals surface area contributed by atoms with E-state index in [1.165, 1.54) is 21.9 Å². The van der Waals surface area contributed by atoms with Gasteiger partial charge < -0.3 is 4.74 Å². The second-order valence-corrected chi connectivity index (χ2v) is 6.23. The van der Waals surface area contributed by atoms with Gasteiger partial charge in [-0.05, 0) is 64.9 Å². The smallest absolute Gasteiger partial charge is 0.119 e. The summed E-state index contributed by atoms with van der Waals surface area (Å²) in [5.74, 6) is 1.50. The maximum absolute atomic E-state index is 5.92. The quantitative estimate of drug-likeness (QED) is 0.571. The summed E-state index contributed by atoms with van der Waals surface area (Å²) in [4.78, 5) is 4.04. The zero-order valence-corrected chi connectivity index (χ0v) is 13.8. The van der Waals surface area contributed by atoms with E-state index < -0.39 is 0 Å². The summed E-state index contributed by atoms with van der Waals surface area (Å²) in [6.45, 7) is 5.18. The third-order valence-corrected chi connectivity index (χ3v) is 4.13. The standard InChI is InChI=1S/C21H23NO/c1-16(2)19-6-5-18-7-8-21(15-20(18)14-19)23-13-3-4-17-9-11-22-12-10-17/h5-12,14-16H,3-4,13H2,1-2H3. The summed E-state index contributed by atoms with van der Waals surface area (Å²) in [6, 6.07) is 17.1. The third-order valence-electron chi connectivity index (χ3n) is 4.13. The van der Waals surface area contributed by atoms with Gasteiger partial charge in [-0.15, -0.1) is 0 Å². The number of benzene rings is 2. The Morgan fingerprint density at radius 3 is 2.48 bits per heavy atom. The fourth-order valence-corrected chi connectivity index (χ4v) is 2.71. The average molecular weight is 305 g/mol. The van der Waals surface area contributed by atoms with E-state index in [0.29, 0.717) is 5.92 Å². The molecule has 0 aliphatic heterocycles. The van der Waals surface area contributed by atoms with Crippen LogP contribution in [-0.4, -0.2) is 11.6 Å². The predicted molar refractivity (Wildman–Crippen MR) is 96.1 cm³/mol. The number of rotatable bonds is 6. The lowest BCUT2D eigenvalue weighted by Crippen LogP contribution is -1.99. The Bertz CT molecular complexity index is 765. The molecule has 3 aromatic rings. The van der Waals surface area contributed by atoms with Gasteiger partial charge in [-0.2, -0.15) is 0 Å². The van der Waals surface area contributed by atoms with E-state index in [9.17, 15) is 0 Å². The van der Waals surface area contributed by atoms with Crippen molar-refractivity contribution in [3.63, 3.8) is 0 Å². The molecular formula is C21H23NO. The molecule has 1 aromatic heterocycles. The molecule has 0 spiro atoms. The topological polar surface area (TPSA) is 22.1 Å². The maximum atomic E-state index is 5.92. The Hall–Kier alpha value is -2.35. The van der Waals surface area contributed by atoms with Gasteiger partial charge in [-0.3, -0.25) is 4.98 Å². The van der Waals surface area contributed by atoms with Crippen LogP contribution in [0.1, 0.15) is 37.3 Å². The van der Waals surface area contributed by atoms with Gasteiger partial charge >= 0.3 is 0 Å². The van der Waals surface area contributed by atoms with Gasteiger partial charge in [-0.1, -0.05) is 38.1 Å². The highest BCUT2D eigenvalue weighted by molar-refractivity contribution is 5.84. The molecule has 0 saturated heterocycles. The van der Waals surface area contributed by atoms with Gasteiger partial charge in [0.1, 0.15) is 5.75 Å². The molecule has 3 rings (SSSR count). The molecule has 0 unspecified atom stereocenters. The van der Waals surface area contributed by atoms with Crippen molar-refractivity contribution in [1.29, 1.82) is 0 Å². The predicted octanol–water partition coefficient (Wildman–Crippen LogP) is 5.37. The molecule has 0 radical (unpaired) electrons. The molecule has 1 heterocycles. The van der Waals surface area contributed by atoms with Crippen molar-refractivity contribution < 1.29 is 4.74 Å². The van der Waals surface area contributed by atoms with Crippen LogP contribution < -0.4 is 4.74 Å². The third kappa shape index (κ3) is 4.10. The van der Waals surface area contributed by atoms with Crippen LogP contribution in [0.5, 0.6) is 5.75 Å². The van der Waals surface area contributed by atoms with Crippen molar-refractivity contribution in [2.45, 2.75) is 32.6 Å². The number of ether oxygens (including phenoxy) is 1. The molecule has 0 amide bonds. The van der Waals surface area contributed by atoms with Crippen LogP contribution in [0, 0.1) is 0 Å². The lowest BCUT2D eigenvalue weighted by Gasteiger charge is -2.10. The Morgan fingerprint density at radius 2 is 1.70 bits per heavy atom. The normalized spacial score (nSPS) is 11.1. The van der Waals surface area contributed by atoms with Crippen LogP contribution in [-0.2, 0) is 6.42 Å². The lowest BCUT2D eigenvalue weighted by molar-refractivity contribution is 0.311. The molecule has 0 fully saturated rings. The van der Waals surface area contributed by atoms with Crippen LogP contribution in [0.4, 0.5) is 0 Å². The first-order valence-electron chi connectivity index (χ1n) is 8.28. The second kappa shape index (κ2) is 7.28. The largest absolute Gasteiger partial charge is 0.494 e. The summed E-state index contributed by atoms with van der Waals surface area (Å²) in [5, 5.41) is 2.52. The summed E-state index contributed by atoms with van der Waals surface area (Å²) in [5.41, 5.74) is 2.68. The minimum Gasteiger partial charge on any atom is -0.494 e. The molecule has 2 aromatic carbocycles. The van der Waals surface area contributed by atoms with E-state index in [0.717, 1.165) is 25.2 Å². The van der Waals surface area contributed by atoms with Gasteiger partial charge in [0.25, 0.3) is 0 Å². The van der Waals surface area contributed by atoms with E-state index in [-0.39, 0.29) is 0 Å². The van der Waals surface area contributed by atoms with Gasteiger partial charge in [0.2, 0.25) is 0 Å². The first-order valence-corrected chi connectivity index (χ1v) is 8.28. The van der Waals surface area contributed by atoms with Crippen molar-refractivity contribution in [2.75, 3.05) is 6.61 Å². The fourth-order valence-electron chi connectivity index (χ4n) is 2.71. The van der Waals surface area contributed by atoms with Crippen LogP contribution in [0.3, 0.4) is 0 Å². The van der Waals surface area contributed by atoms with Crippen molar-refractivity contribution in [1.82, 2.24) is 4.98 Å². The number of hydrogen-bond donors (Lipinski definition) is 0. The summed E-state index contributed by atoms with van der Waals surface area (Å²) in [6.07, 6.45) is 5.71. The number of aromatic nitrogens is 1. The molecule has 2 nitrogen and oxygen atoms in total. The molecular weight excluding hydrogens is 282 g/mol. The summed E-state index contributed by atoms with van der Waals surface area (Å²) >= 11 is 0. The lowest BCUT2D eigenvalue weighted by atomic mass is 9.99. The minimum atomic E-state index is 0.546. The van der Waals surface area contributed by atoms with E-state index in [2.05, 4.69) is 67.4 Å². The number of fused-ring (bicyclic) bond motifs is 1. The second-order valence-electron chi connectivity index (χ2n) is 6.23. The van der Waals surface area contributed by atoms with Crippen LogP contribution in [0.2, 0.25) is 0 Å². The molecule has 0 N–H and O–H groups in total. The van der Waals surface area contributed by atoms with E-state index in [1.54, 1.807) is 0 Å². The van der Waals surface area contributed by atoms with E-state index in [4.69, 9.17) is 4.74 Å². The van der Waals surface area contributed by atoms with Gasteiger partial charge in [0, 0.05) is 12.4 Å². The number of hydrogen-bond acceptors (Lipinski definition) is 2. The number of aryl methyl sites for hydroxylation is 1. The van der Waals surface area contributed by atoms with Gasteiger partial charge in [0.05, 0.1) is 6.61 Å². The zero-order valence-electron chi connectivity index (χ0n) is 13.8. The minimum absolute atomic E-state index is 0.546. The molecule has 23 heavy (non-hydrogen) atoms. The van der Waals surface area contributed by atoms with E-state index in [1.807, 2.05) is 12.4 Å². The van der Waals surface area contributed by atoms with Gasteiger partial charge in [0.15, 0.2) is 0 Å². The monoisotopic (exact) mass is 305 g/mol. The van der Waals surface area contributed by atoms with Crippen molar-refractivity contribution in [3.8, 4) is 5.75 Å². The Balaban J connectivity index is 1.61. The molecule has 2 heteroatoms. The SMILES string of the molecule is CC(C)c1ccc2ccc(OCCCc3ccncc3)cc2c1. The number of pyridine rings is 1. The zero-order chi connectivity index (χ0) is 16.1. The van der Waals surface area contributed by atoms with Crippen LogP contribution >= 0.6 is 0 Å². The fraction of sp³-hybridized carbons (Fsp3) is 0.286. The maximum Gasteiger partial charge on any atom is 0.119 e. The number of nitrogens with zero attached hydrogens (tertiary/aromatic N) is 1. The highest BCUT2D eigenvalue weighted by Gasteiger charge is 2.02. The van der Waals surface area contributed by atoms with Gasteiger partial charge in [-0.25, -0.2) is 0 Å². The molecule has 0 atom stereocenters.